The number of pyridine rings is 1. The van der Waals surface area contributed by atoms with E-state index in [1.54, 1.807) is 0 Å². The molecule has 0 aliphatic carbocycles. The molecule has 4 rings (SSSR count). The molecular formula is C27H29BrN2. The fourth-order valence-corrected chi connectivity index (χ4v) is 4.10. The smallest absolute Gasteiger partial charge is 0.173 e. The monoisotopic (exact) mass is 460 g/mol. The van der Waals surface area contributed by atoms with E-state index in [9.17, 15) is 0 Å². The summed E-state index contributed by atoms with van der Waals surface area (Å²) in [5, 5.41) is 0. The summed E-state index contributed by atoms with van der Waals surface area (Å²) in [6.45, 7) is 2.23. The molecular weight excluding hydrogens is 432 g/mol. The zero-order chi connectivity index (χ0) is 19.9. The van der Waals surface area contributed by atoms with Crippen LogP contribution in [0, 0.1) is 11.8 Å². The molecule has 0 unspecified atom stereocenters. The van der Waals surface area contributed by atoms with Crippen LogP contribution in [0.25, 0.3) is 11.1 Å². The molecule has 0 radical (unpaired) electrons. The molecule has 154 valence electrons. The first-order chi connectivity index (χ1) is 14.3. The van der Waals surface area contributed by atoms with Crippen molar-refractivity contribution in [3.05, 3.63) is 90.3 Å². The topological polar surface area (TPSA) is 7.12 Å². The van der Waals surface area contributed by atoms with Gasteiger partial charge in [0.1, 0.15) is 6.54 Å². The number of unbranched alkanes of at least 4 members (excludes halogenated alkanes) is 1. The molecule has 0 N–H and O–H groups in total. The van der Waals surface area contributed by atoms with Gasteiger partial charge in [-0.05, 0) is 55.8 Å². The number of hydrogen-bond acceptors (Lipinski definition) is 1. The lowest BCUT2D eigenvalue weighted by molar-refractivity contribution is -0.697. The van der Waals surface area contributed by atoms with E-state index in [0.29, 0.717) is 6.04 Å². The van der Waals surface area contributed by atoms with E-state index in [4.69, 9.17) is 0 Å². The van der Waals surface area contributed by atoms with Crippen molar-refractivity contribution < 1.29 is 21.5 Å². The highest BCUT2D eigenvalue weighted by atomic mass is 79.9. The van der Waals surface area contributed by atoms with Crippen molar-refractivity contribution in [3.63, 3.8) is 0 Å². The summed E-state index contributed by atoms with van der Waals surface area (Å²) in [6, 6.07) is 24.0. The minimum atomic E-state index is 0. The molecule has 2 heterocycles. The van der Waals surface area contributed by atoms with Crippen molar-refractivity contribution in [1.82, 2.24) is 4.90 Å². The second kappa shape index (κ2) is 11.1. The van der Waals surface area contributed by atoms with Gasteiger partial charge in [-0.25, -0.2) is 4.57 Å². The van der Waals surface area contributed by atoms with Crippen LogP contribution in [0.1, 0.15) is 42.9 Å². The fraction of sp³-hybridized carbons (Fsp3) is 0.296. The fourth-order valence-electron chi connectivity index (χ4n) is 4.10. The summed E-state index contributed by atoms with van der Waals surface area (Å²) in [6.07, 6.45) is 9.06. The molecule has 1 aromatic heterocycles. The third-order valence-electron chi connectivity index (χ3n) is 5.73. The number of hydrogen-bond donors (Lipinski definition) is 0. The van der Waals surface area contributed by atoms with Gasteiger partial charge < -0.3 is 17.0 Å². The van der Waals surface area contributed by atoms with E-state index < -0.39 is 0 Å². The predicted octanol–water partition coefficient (Wildman–Crippen LogP) is 2.24. The van der Waals surface area contributed by atoms with Crippen LogP contribution in [0.4, 0.5) is 0 Å². The van der Waals surface area contributed by atoms with E-state index in [0.717, 1.165) is 24.9 Å². The van der Waals surface area contributed by atoms with Crippen molar-refractivity contribution in [1.29, 1.82) is 0 Å². The van der Waals surface area contributed by atoms with Gasteiger partial charge in [0.25, 0.3) is 0 Å². The maximum Gasteiger partial charge on any atom is 0.173 e. The Morgan fingerprint density at radius 2 is 1.73 bits per heavy atom. The molecule has 2 aromatic carbocycles. The SMILES string of the molecule is CN1CCC[C@H]1c1ccc[n+](CCCC#Cc2ccc(-c3ccccc3)cc2)c1.[Br-]. The average molecular weight is 461 g/mol. The van der Waals surface area contributed by atoms with Crippen LogP contribution in [0.3, 0.4) is 0 Å². The Bertz CT molecular complexity index is 987. The number of likely N-dealkylation sites (tertiary alicyclic amines) is 1. The molecule has 0 spiro atoms. The van der Waals surface area contributed by atoms with Crippen molar-refractivity contribution >= 4 is 0 Å². The Hall–Kier alpha value is -2.41. The van der Waals surface area contributed by atoms with Crippen molar-refractivity contribution in [2.75, 3.05) is 13.6 Å². The Balaban J connectivity index is 0.00000256. The maximum absolute atomic E-state index is 3.34. The maximum atomic E-state index is 3.34. The second-order valence-corrected chi connectivity index (χ2v) is 7.86. The number of aryl methyl sites for hydroxylation is 1. The molecule has 0 bridgehead atoms. The van der Waals surface area contributed by atoms with Gasteiger partial charge in [0.05, 0.1) is 0 Å². The second-order valence-electron chi connectivity index (χ2n) is 7.86. The van der Waals surface area contributed by atoms with Crippen LogP contribution in [0.5, 0.6) is 0 Å². The van der Waals surface area contributed by atoms with Gasteiger partial charge >= 0.3 is 0 Å². The minimum absolute atomic E-state index is 0. The predicted molar refractivity (Wildman–Crippen MR) is 119 cm³/mol. The van der Waals surface area contributed by atoms with Crippen molar-refractivity contribution in [3.8, 4) is 23.0 Å². The largest absolute Gasteiger partial charge is 1.00 e. The first kappa shape index (κ1) is 22.3. The van der Waals surface area contributed by atoms with Gasteiger partial charge in [0.2, 0.25) is 0 Å². The number of benzene rings is 2. The highest BCUT2D eigenvalue weighted by Gasteiger charge is 2.24. The highest BCUT2D eigenvalue weighted by Crippen LogP contribution is 2.29. The quantitative estimate of drug-likeness (QED) is 0.321. The lowest BCUT2D eigenvalue weighted by Crippen LogP contribution is -3.00. The van der Waals surface area contributed by atoms with E-state index in [-0.39, 0.29) is 17.0 Å². The molecule has 0 amide bonds. The van der Waals surface area contributed by atoms with Gasteiger partial charge in [-0.2, -0.15) is 0 Å². The third kappa shape index (κ3) is 5.81. The van der Waals surface area contributed by atoms with Gasteiger partial charge in [0, 0.05) is 36.1 Å². The molecule has 1 fully saturated rings. The van der Waals surface area contributed by atoms with Gasteiger partial charge in [-0.1, -0.05) is 54.3 Å². The first-order valence-electron chi connectivity index (χ1n) is 10.6. The summed E-state index contributed by atoms with van der Waals surface area (Å²) in [5.74, 6) is 6.64. The molecule has 1 aliphatic rings. The number of aromatic nitrogens is 1. The van der Waals surface area contributed by atoms with Gasteiger partial charge in [-0.15, -0.1) is 0 Å². The summed E-state index contributed by atoms with van der Waals surface area (Å²) >= 11 is 0. The summed E-state index contributed by atoms with van der Waals surface area (Å²) in [7, 11) is 2.23. The number of rotatable bonds is 5. The molecule has 3 aromatic rings. The van der Waals surface area contributed by atoms with Gasteiger partial charge in [0.15, 0.2) is 12.4 Å². The Morgan fingerprint density at radius 1 is 0.967 bits per heavy atom. The van der Waals surface area contributed by atoms with Crippen LogP contribution in [-0.4, -0.2) is 18.5 Å². The molecule has 1 saturated heterocycles. The lowest BCUT2D eigenvalue weighted by Gasteiger charge is -2.18. The Kier molecular flexibility index (Phi) is 8.25. The lowest BCUT2D eigenvalue weighted by atomic mass is 10.0. The average Bonchev–Trinajstić information content (AvgIpc) is 3.21. The molecule has 2 nitrogen and oxygen atoms in total. The van der Waals surface area contributed by atoms with Crippen LogP contribution < -0.4 is 21.5 Å². The summed E-state index contributed by atoms with van der Waals surface area (Å²) in [4.78, 5) is 2.47. The summed E-state index contributed by atoms with van der Waals surface area (Å²) < 4.78 is 2.32. The third-order valence-corrected chi connectivity index (χ3v) is 5.73. The first-order valence-corrected chi connectivity index (χ1v) is 10.6. The van der Waals surface area contributed by atoms with E-state index in [1.165, 1.54) is 36.1 Å². The van der Waals surface area contributed by atoms with Crippen LogP contribution in [0.15, 0.2) is 79.1 Å². The highest BCUT2D eigenvalue weighted by molar-refractivity contribution is 5.64. The minimum Gasteiger partial charge on any atom is -1.00 e. The van der Waals surface area contributed by atoms with Crippen molar-refractivity contribution in [2.45, 2.75) is 38.3 Å². The molecule has 1 atom stereocenters. The zero-order valence-electron chi connectivity index (χ0n) is 17.6. The molecule has 3 heteroatoms. The molecule has 1 aliphatic heterocycles. The van der Waals surface area contributed by atoms with Crippen LogP contribution >= 0.6 is 0 Å². The summed E-state index contributed by atoms with van der Waals surface area (Å²) in [5.41, 5.74) is 5.01. The van der Waals surface area contributed by atoms with Crippen molar-refractivity contribution in [2.24, 2.45) is 0 Å². The van der Waals surface area contributed by atoms with Crippen LogP contribution in [-0.2, 0) is 6.54 Å². The molecule has 30 heavy (non-hydrogen) atoms. The van der Waals surface area contributed by atoms with Gasteiger partial charge in [-0.3, -0.25) is 4.90 Å². The Labute approximate surface area is 191 Å². The zero-order valence-corrected chi connectivity index (χ0v) is 19.2. The molecule has 0 saturated carbocycles. The number of nitrogens with zero attached hydrogens (tertiary/aromatic N) is 2. The standard InChI is InChI=1S/C27H29N2.BrH/c1-28-19-9-14-27(28)26-13-8-21-29(22-26)20-7-3-4-10-23-15-17-25(18-16-23)24-11-5-2-6-12-24;/h2,5-6,8,11-13,15-18,21-22,27H,3,7,9,14,19-20H2,1H3;1H/q+1;/p-1/t27-;/m0./s1. The van der Waals surface area contributed by atoms with E-state index >= 15 is 0 Å². The normalized spacial score (nSPS) is 15.8. The number of halogens is 1. The van der Waals surface area contributed by atoms with E-state index in [2.05, 4.69) is 101 Å². The van der Waals surface area contributed by atoms with Crippen LogP contribution in [0.2, 0.25) is 0 Å². The van der Waals surface area contributed by atoms with E-state index in [1.807, 2.05) is 6.07 Å². The Morgan fingerprint density at radius 3 is 2.47 bits per heavy atom.